The minimum Gasteiger partial charge on any atom is -0.383 e. The second-order valence-electron chi connectivity index (χ2n) is 4.95. The molecular weight excluding hydrogens is 286 g/mol. The largest absolute Gasteiger partial charge is 0.383 e. The molecule has 0 spiro atoms. The fraction of sp³-hybridized carbons (Fsp3) is 0.538. The third kappa shape index (κ3) is 2.52. The van der Waals surface area contributed by atoms with Gasteiger partial charge in [0.1, 0.15) is 0 Å². The molecule has 0 aromatic heterocycles. The molecular formula is C13H18ClNO3S. The van der Waals surface area contributed by atoms with Gasteiger partial charge in [-0.25, -0.2) is 8.42 Å². The van der Waals surface area contributed by atoms with Crippen LogP contribution >= 0.6 is 11.6 Å². The van der Waals surface area contributed by atoms with Gasteiger partial charge in [0.25, 0.3) is 0 Å². The van der Waals surface area contributed by atoms with Crippen LogP contribution in [0.2, 0.25) is 5.02 Å². The van der Waals surface area contributed by atoms with Gasteiger partial charge < -0.3 is 10.5 Å². The molecule has 1 aromatic rings. The molecule has 106 valence electrons. The van der Waals surface area contributed by atoms with E-state index in [4.69, 9.17) is 22.1 Å². The summed E-state index contributed by atoms with van der Waals surface area (Å²) in [6.45, 7) is 1.87. The van der Waals surface area contributed by atoms with Gasteiger partial charge in [0.15, 0.2) is 9.84 Å². The molecule has 0 bridgehead atoms. The number of halogens is 1. The Morgan fingerprint density at radius 3 is 2.42 bits per heavy atom. The van der Waals surface area contributed by atoms with E-state index in [0.717, 1.165) is 5.56 Å². The molecule has 1 aliphatic carbocycles. The number of methoxy groups -OCH3 is 1. The van der Waals surface area contributed by atoms with Crippen molar-refractivity contribution in [2.24, 2.45) is 5.73 Å². The van der Waals surface area contributed by atoms with Gasteiger partial charge in [0, 0.05) is 23.8 Å². The van der Waals surface area contributed by atoms with Gasteiger partial charge in [-0.2, -0.15) is 0 Å². The Balaban J connectivity index is 2.36. The zero-order chi connectivity index (χ0) is 14.3. The highest BCUT2D eigenvalue weighted by molar-refractivity contribution is 7.92. The summed E-state index contributed by atoms with van der Waals surface area (Å²) < 4.78 is 29.4. The zero-order valence-corrected chi connectivity index (χ0v) is 12.5. The number of ether oxygens (including phenoxy) is 1. The van der Waals surface area contributed by atoms with Crippen molar-refractivity contribution in [2.75, 3.05) is 19.5 Å². The summed E-state index contributed by atoms with van der Waals surface area (Å²) in [7, 11) is -1.67. The van der Waals surface area contributed by atoms with Crippen molar-refractivity contribution in [2.45, 2.75) is 23.6 Å². The Hall–Kier alpha value is -0.620. The molecule has 1 saturated carbocycles. The number of nitrogens with two attached hydrogens (primary N) is 1. The van der Waals surface area contributed by atoms with E-state index in [1.54, 1.807) is 19.1 Å². The van der Waals surface area contributed by atoms with Crippen LogP contribution in [-0.4, -0.2) is 38.7 Å². The maximum absolute atomic E-state index is 12.1. The van der Waals surface area contributed by atoms with Crippen molar-refractivity contribution in [1.29, 1.82) is 0 Å². The summed E-state index contributed by atoms with van der Waals surface area (Å²) in [6, 6.07) is 7.15. The van der Waals surface area contributed by atoms with E-state index in [1.165, 1.54) is 7.11 Å². The summed E-state index contributed by atoms with van der Waals surface area (Å²) >= 11 is 5.85. The highest BCUT2D eigenvalue weighted by Gasteiger charge is 2.68. The Morgan fingerprint density at radius 1 is 1.37 bits per heavy atom. The average molecular weight is 304 g/mol. The Kier molecular flexibility index (Phi) is 3.93. The second kappa shape index (κ2) is 5.05. The van der Waals surface area contributed by atoms with Gasteiger partial charge in [-0.3, -0.25) is 0 Å². The van der Waals surface area contributed by atoms with Crippen LogP contribution in [0, 0.1) is 0 Å². The average Bonchev–Trinajstić information content (AvgIpc) is 2.97. The quantitative estimate of drug-likeness (QED) is 0.897. The number of hydrogen-bond donors (Lipinski definition) is 1. The minimum atomic E-state index is -3.20. The van der Waals surface area contributed by atoms with Gasteiger partial charge in [0.2, 0.25) is 0 Å². The highest BCUT2D eigenvalue weighted by atomic mass is 35.5. The van der Waals surface area contributed by atoms with Crippen LogP contribution in [0.5, 0.6) is 0 Å². The molecule has 0 radical (unpaired) electrons. The Morgan fingerprint density at radius 2 is 1.95 bits per heavy atom. The molecule has 0 aliphatic heterocycles. The molecule has 2 N–H and O–H groups in total. The van der Waals surface area contributed by atoms with E-state index in [2.05, 4.69) is 0 Å². The topological polar surface area (TPSA) is 69.4 Å². The van der Waals surface area contributed by atoms with Crippen molar-refractivity contribution < 1.29 is 13.2 Å². The van der Waals surface area contributed by atoms with Crippen LogP contribution in [0.3, 0.4) is 0 Å². The SMILES string of the molecule is CCS(=O)(=O)[C@@H]1[C@H](c2ccc(Cl)cc2)[C@@]1(N)COC. The van der Waals surface area contributed by atoms with Crippen molar-refractivity contribution >= 4 is 21.4 Å². The molecule has 1 aromatic carbocycles. The molecule has 0 amide bonds. The summed E-state index contributed by atoms with van der Waals surface area (Å²) in [5.41, 5.74) is 6.30. The lowest BCUT2D eigenvalue weighted by atomic mass is 10.1. The van der Waals surface area contributed by atoms with E-state index in [9.17, 15) is 8.42 Å². The zero-order valence-electron chi connectivity index (χ0n) is 11.0. The normalized spacial score (nSPS) is 30.3. The number of hydrogen-bond acceptors (Lipinski definition) is 4. The molecule has 19 heavy (non-hydrogen) atoms. The lowest BCUT2D eigenvalue weighted by Crippen LogP contribution is -2.36. The molecule has 6 heteroatoms. The van der Waals surface area contributed by atoms with Gasteiger partial charge >= 0.3 is 0 Å². The monoisotopic (exact) mass is 303 g/mol. The van der Waals surface area contributed by atoms with Crippen molar-refractivity contribution in [1.82, 2.24) is 0 Å². The maximum Gasteiger partial charge on any atom is 0.155 e. The molecule has 4 nitrogen and oxygen atoms in total. The highest BCUT2D eigenvalue weighted by Crippen LogP contribution is 2.54. The number of benzene rings is 1. The van der Waals surface area contributed by atoms with E-state index >= 15 is 0 Å². The third-order valence-corrected chi connectivity index (χ3v) is 6.26. The van der Waals surface area contributed by atoms with Gasteiger partial charge in [-0.1, -0.05) is 30.7 Å². The van der Waals surface area contributed by atoms with Crippen LogP contribution in [0.1, 0.15) is 18.4 Å². The minimum absolute atomic E-state index is 0.0877. The molecule has 0 saturated heterocycles. The van der Waals surface area contributed by atoms with Crippen LogP contribution in [-0.2, 0) is 14.6 Å². The summed E-state index contributed by atoms with van der Waals surface area (Å²) in [5, 5.41) is 0.0415. The van der Waals surface area contributed by atoms with Crippen LogP contribution in [0.25, 0.3) is 0 Å². The van der Waals surface area contributed by atoms with Crippen LogP contribution < -0.4 is 5.73 Å². The second-order valence-corrected chi connectivity index (χ2v) is 7.79. The van der Waals surface area contributed by atoms with Crippen molar-refractivity contribution in [3.8, 4) is 0 Å². The fourth-order valence-electron chi connectivity index (χ4n) is 2.72. The van der Waals surface area contributed by atoms with E-state index in [0.29, 0.717) is 5.02 Å². The van der Waals surface area contributed by atoms with Gasteiger partial charge in [0.05, 0.1) is 17.4 Å². The van der Waals surface area contributed by atoms with Gasteiger partial charge in [-0.15, -0.1) is 0 Å². The molecule has 2 rings (SSSR count). The first-order valence-electron chi connectivity index (χ1n) is 6.11. The predicted molar refractivity (Wildman–Crippen MR) is 76.2 cm³/mol. The number of sulfone groups is 1. The molecule has 3 atom stereocenters. The molecule has 1 aliphatic rings. The smallest absolute Gasteiger partial charge is 0.155 e. The fourth-order valence-corrected chi connectivity index (χ4v) is 4.84. The van der Waals surface area contributed by atoms with Crippen molar-refractivity contribution in [3.05, 3.63) is 34.9 Å². The van der Waals surface area contributed by atoms with Crippen LogP contribution in [0.4, 0.5) is 0 Å². The van der Waals surface area contributed by atoms with E-state index < -0.39 is 20.6 Å². The molecule has 0 heterocycles. The standard InChI is InChI=1S/C13H18ClNO3S/c1-3-19(16,17)12-11(13(12,15)8-18-2)9-4-6-10(14)7-5-9/h4-7,11-12H,3,8,15H2,1-2H3/t11-,12+,13-/m0/s1. The third-order valence-electron chi connectivity index (χ3n) is 3.72. The lowest BCUT2D eigenvalue weighted by Gasteiger charge is -2.10. The van der Waals surface area contributed by atoms with Crippen LogP contribution in [0.15, 0.2) is 24.3 Å². The lowest BCUT2D eigenvalue weighted by molar-refractivity contribution is 0.171. The summed E-state index contributed by atoms with van der Waals surface area (Å²) in [6.07, 6.45) is 0. The maximum atomic E-state index is 12.1. The molecule has 1 fully saturated rings. The van der Waals surface area contributed by atoms with Gasteiger partial charge in [-0.05, 0) is 17.7 Å². The number of rotatable bonds is 5. The summed E-state index contributed by atoms with van der Waals surface area (Å²) in [4.78, 5) is 0. The van der Waals surface area contributed by atoms with E-state index in [1.807, 2.05) is 12.1 Å². The predicted octanol–water partition coefficient (Wildman–Crippen LogP) is 1.58. The first kappa shape index (κ1) is 14.8. The molecule has 0 unspecified atom stereocenters. The first-order valence-corrected chi connectivity index (χ1v) is 8.21. The van der Waals surface area contributed by atoms with Crippen molar-refractivity contribution in [3.63, 3.8) is 0 Å². The Bertz CT molecular complexity index is 558. The first-order chi connectivity index (χ1) is 8.86. The van der Waals surface area contributed by atoms with E-state index in [-0.39, 0.29) is 18.3 Å². The summed E-state index contributed by atoms with van der Waals surface area (Å²) in [5.74, 6) is -0.139. The Labute approximate surface area is 118 Å².